The fourth-order valence-electron chi connectivity index (χ4n) is 2.18. The van der Waals surface area contributed by atoms with Crippen LogP contribution in [0.3, 0.4) is 0 Å². The summed E-state index contributed by atoms with van der Waals surface area (Å²) in [5.74, 6) is 0. The van der Waals surface area contributed by atoms with Gasteiger partial charge in [0.2, 0.25) is 0 Å². The van der Waals surface area contributed by atoms with Crippen LogP contribution in [0.1, 0.15) is 29.8 Å². The topological polar surface area (TPSA) is 37.8 Å². The fraction of sp³-hybridized carbons (Fsp3) is 0.375. The molecule has 1 N–H and O–H groups in total. The first-order valence-corrected chi connectivity index (χ1v) is 8.32. The van der Waals surface area contributed by atoms with Gasteiger partial charge in [0.15, 0.2) is 5.16 Å². The molecule has 110 valence electrons. The van der Waals surface area contributed by atoms with Gasteiger partial charge < -0.3 is 5.32 Å². The highest BCUT2D eigenvalue weighted by atomic mass is 35.5. The number of rotatable bonds is 5. The summed E-state index contributed by atoms with van der Waals surface area (Å²) in [6.45, 7) is 4.79. The van der Waals surface area contributed by atoms with Gasteiger partial charge in [0.1, 0.15) is 0 Å². The summed E-state index contributed by atoms with van der Waals surface area (Å²) < 4.78 is 0. The Hall–Kier alpha value is -1.10. The van der Waals surface area contributed by atoms with E-state index in [2.05, 4.69) is 21.4 Å². The molecule has 1 aromatic heterocycles. The molecule has 0 bridgehead atoms. The van der Waals surface area contributed by atoms with Crippen LogP contribution in [0.25, 0.3) is 0 Å². The van der Waals surface area contributed by atoms with E-state index in [-0.39, 0.29) is 0 Å². The molecule has 0 atom stereocenters. The van der Waals surface area contributed by atoms with Crippen molar-refractivity contribution in [2.45, 2.75) is 49.3 Å². The molecule has 1 aromatic carbocycles. The Labute approximate surface area is 134 Å². The molecule has 1 fully saturated rings. The third-order valence-electron chi connectivity index (χ3n) is 3.38. The maximum Gasteiger partial charge on any atom is 0.192 e. The Morgan fingerprint density at radius 3 is 2.62 bits per heavy atom. The molecular weight excluding hydrogens is 302 g/mol. The Kier molecular flexibility index (Phi) is 4.48. The Morgan fingerprint density at radius 2 is 1.95 bits per heavy atom. The number of hydrogen-bond donors (Lipinski definition) is 1. The van der Waals surface area contributed by atoms with Gasteiger partial charge in [-0.2, -0.15) is 0 Å². The summed E-state index contributed by atoms with van der Waals surface area (Å²) in [5.41, 5.74) is 3.12. The molecule has 21 heavy (non-hydrogen) atoms. The summed E-state index contributed by atoms with van der Waals surface area (Å²) in [6.07, 6.45) is 2.54. The monoisotopic (exact) mass is 319 g/mol. The van der Waals surface area contributed by atoms with Crippen molar-refractivity contribution in [3.05, 3.63) is 46.2 Å². The third-order valence-corrected chi connectivity index (χ3v) is 4.71. The van der Waals surface area contributed by atoms with Gasteiger partial charge in [-0.1, -0.05) is 17.7 Å². The number of nitrogens with zero attached hydrogens (tertiary/aromatic N) is 2. The van der Waals surface area contributed by atoms with Crippen molar-refractivity contribution < 1.29 is 0 Å². The van der Waals surface area contributed by atoms with Crippen molar-refractivity contribution in [2.75, 3.05) is 0 Å². The van der Waals surface area contributed by atoms with Crippen LogP contribution in [-0.4, -0.2) is 16.0 Å². The highest BCUT2D eigenvalue weighted by Crippen LogP contribution is 2.33. The number of benzene rings is 1. The van der Waals surface area contributed by atoms with Gasteiger partial charge in [-0.15, -0.1) is 0 Å². The molecule has 0 amide bonds. The minimum atomic E-state index is 0.664. The van der Waals surface area contributed by atoms with Crippen LogP contribution in [0.5, 0.6) is 0 Å². The van der Waals surface area contributed by atoms with Gasteiger partial charge in [0.25, 0.3) is 0 Å². The highest BCUT2D eigenvalue weighted by molar-refractivity contribution is 7.99. The number of aryl methyl sites for hydroxylation is 2. The van der Waals surface area contributed by atoms with Gasteiger partial charge in [0.05, 0.1) is 0 Å². The van der Waals surface area contributed by atoms with E-state index in [9.17, 15) is 0 Å². The molecule has 1 saturated carbocycles. The van der Waals surface area contributed by atoms with Crippen LogP contribution in [0.15, 0.2) is 34.3 Å². The molecule has 0 saturated heterocycles. The first kappa shape index (κ1) is 14.8. The van der Waals surface area contributed by atoms with Gasteiger partial charge in [-0.25, -0.2) is 9.97 Å². The van der Waals surface area contributed by atoms with Gasteiger partial charge in [-0.3, -0.25) is 0 Å². The Morgan fingerprint density at radius 1 is 1.24 bits per heavy atom. The van der Waals surface area contributed by atoms with Crippen LogP contribution in [0.2, 0.25) is 5.02 Å². The summed E-state index contributed by atoms with van der Waals surface area (Å²) in [4.78, 5) is 10.1. The molecule has 0 radical (unpaired) electrons. The highest BCUT2D eigenvalue weighted by Gasteiger charge is 2.21. The molecular formula is C16H18ClN3S. The lowest BCUT2D eigenvalue weighted by Crippen LogP contribution is -2.16. The summed E-state index contributed by atoms with van der Waals surface area (Å²) in [6, 6.07) is 8.65. The average molecular weight is 320 g/mol. The van der Waals surface area contributed by atoms with E-state index in [1.54, 1.807) is 11.8 Å². The van der Waals surface area contributed by atoms with Gasteiger partial charge in [0, 0.05) is 33.9 Å². The van der Waals surface area contributed by atoms with E-state index in [4.69, 9.17) is 11.6 Å². The second kappa shape index (κ2) is 6.34. The van der Waals surface area contributed by atoms with Crippen molar-refractivity contribution in [2.24, 2.45) is 0 Å². The fourth-order valence-corrected chi connectivity index (χ4v) is 3.50. The van der Waals surface area contributed by atoms with Crippen LogP contribution in [0, 0.1) is 13.8 Å². The molecule has 5 heteroatoms. The Balaban J connectivity index is 1.84. The number of nitrogens with one attached hydrogen (secondary N) is 1. The first-order valence-electron chi connectivity index (χ1n) is 7.13. The van der Waals surface area contributed by atoms with Crippen LogP contribution in [0.4, 0.5) is 0 Å². The maximum atomic E-state index is 6.37. The molecule has 3 rings (SSSR count). The molecule has 1 heterocycles. The predicted octanol–water partition coefficient (Wildman–Crippen LogP) is 4.15. The minimum absolute atomic E-state index is 0.664. The van der Waals surface area contributed by atoms with Crippen molar-refractivity contribution in [1.29, 1.82) is 0 Å². The van der Waals surface area contributed by atoms with Crippen molar-refractivity contribution in [1.82, 2.24) is 15.3 Å². The van der Waals surface area contributed by atoms with Gasteiger partial charge in [-0.05, 0) is 62.2 Å². The molecule has 0 unspecified atom stereocenters. The van der Waals surface area contributed by atoms with E-state index in [0.29, 0.717) is 6.04 Å². The lowest BCUT2D eigenvalue weighted by molar-refractivity contribution is 0.680. The lowest BCUT2D eigenvalue weighted by atomic mass is 10.2. The van der Waals surface area contributed by atoms with E-state index < -0.39 is 0 Å². The van der Waals surface area contributed by atoms with Crippen LogP contribution < -0.4 is 5.32 Å². The third kappa shape index (κ3) is 3.96. The molecule has 0 spiro atoms. The van der Waals surface area contributed by atoms with E-state index in [1.165, 1.54) is 12.8 Å². The zero-order valence-electron chi connectivity index (χ0n) is 12.2. The summed E-state index contributed by atoms with van der Waals surface area (Å²) in [5, 5.41) is 5.11. The predicted molar refractivity (Wildman–Crippen MR) is 86.9 cm³/mol. The van der Waals surface area contributed by atoms with Gasteiger partial charge >= 0.3 is 0 Å². The smallest absolute Gasteiger partial charge is 0.192 e. The van der Waals surface area contributed by atoms with Crippen LogP contribution >= 0.6 is 23.4 Å². The van der Waals surface area contributed by atoms with Crippen molar-refractivity contribution in [3.8, 4) is 0 Å². The number of aromatic nitrogens is 2. The zero-order valence-corrected chi connectivity index (χ0v) is 13.8. The van der Waals surface area contributed by atoms with E-state index in [0.717, 1.165) is 38.6 Å². The summed E-state index contributed by atoms with van der Waals surface area (Å²) >= 11 is 7.95. The SMILES string of the molecule is Cc1cc(C)nc(Sc2cccc(Cl)c2CNC2CC2)n1. The molecule has 1 aliphatic rings. The van der Waals surface area contributed by atoms with Crippen molar-refractivity contribution >= 4 is 23.4 Å². The summed E-state index contributed by atoms with van der Waals surface area (Å²) in [7, 11) is 0. The van der Waals surface area contributed by atoms with Crippen molar-refractivity contribution in [3.63, 3.8) is 0 Å². The maximum absolute atomic E-state index is 6.37. The largest absolute Gasteiger partial charge is 0.310 e. The number of halogens is 1. The van der Waals surface area contributed by atoms with E-state index in [1.807, 2.05) is 32.0 Å². The first-order chi connectivity index (χ1) is 10.1. The minimum Gasteiger partial charge on any atom is -0.310 e. The molecule has 3 nitrogen and oxygen atoms in total. The zero-order chi connectivity index (χ0) is 14.8. The molecule has 1 aliphatic carbocycles. The normalized spacial score (nSPS) is 14.4. The second-order valence-electron chi connectivity index (χ2n) is 5.41. The second-order valence-corrected chi connectivity index (χ2v) is 6.82. The standard InChI is InChI=1S/C16H18ClN3S/c1-10-8-11(2)20-16(19-10)21-15-5-3-4-14(17)13(15)9-18-12-6-7-12/h3-5,8,12,18H,6-7,9H2,1-2H3. The number of hydrogen-bond acceptors (Lipinski definition) is 4. The average Bonchev–Trinajstić information content (AvgIpc) is 3.21. The molecule has 2 aromatic rings. The quantitative estimate of drug-likeness (QED) is 0.840. The van der Waals surface area contributed by atoms with Crippen LogP contribution in [-0.2, 0) is 6.54 Å². The lowest BCUT2D eigenvalue weighted by Gasteiger charge is -2.11. The van der Waals surface area contributed by atoms with E-state index >= 15 is 0 Å². The molecule has 0 aliphatic heterocycles. The Bertz CT molecular complexity index is 636.